The number of amides is 1. The maximum Gasteiger partial charge on any atom is 0.340 e. The zero-order chi connectivity index (χ0) is 20.3. The molecule has 154 valence electrons. The number of likely N-dealkylation sites (tertiary alicyclic amines) is 1. The lowest BCUT2D eigenvalue weighted by atomic mass is 9.89. The van der Waals surface area contributed by atoms with Crippen LogP contribution in [-0.4, -0.2) is 53.5 Å². The summed E-state index contributed by atoms with van der Waals surface area (Å²) in [6.07, 6.45) is 3.90. The summed E-state index contributed by atoms with van der Waals surface area (Å²) in [6, 6.07) is 1.77. The second-order valence-corrected chi connectivity index (χ2v) is 8.27. The van der Waals surface area contributed by atoms with E-state index in [9.17, 15) is 9.59 Å². The molecule has 0 radical (unpaired) electrons. The first-order valence-corrected chi connectivity index (χ1v) is 10.4. The lowest BCUT2D eigenvalue weighted by Crippen LogP contribution is -2.48. The molecule has 1 aromatic rings. The summed E-state index contributed by atoms with van der Waals surface area (Å²) in [6.45, 7) is 7.68. The van der Waals surface area contributed by atoms with Crippen molar-refractivity contribution in [2.45, 2.75) is 58.0 Å². The minimum Gasteiger partial charge on any atom is -0.462 e. The molecule has 2 aliphatic rings. The number of pyridine rings is 1. The number of hydrogen-bond acceptors (Lipinski definition) is 6. The van der Waals surface area contributed by atoms with Crippen LogP contribution in [0.5, 0.6) is 0 Å². The van der Waals surface area contributed by atoms with Crippen molar-refractivity contribution in [3.63, 3.8) is 0 Å². The molecule has 7 nitrogen and oxygen atoms in total. The van der Waals surface area contributed by atoms with Crippen molar-refractivity contribution in [2.24, 2.45) is 5.92 Å². The summed E-state index contributed by atoms with van der Waals surface area (Å²) >= 11 is 6.04. The molecular weight excluding hydrogens is 380 g/mol. The fraction of sp³-hybridized carbons (Fsp3) is 0.650. The second kappa shape index (κ2) is 9.20. The highest BCUT2D eigenvalue weighted by Crippen LogP contribution is 2.31. The number of nitrogens with one attached hydrogen (secondary N) is 2. The number of hydrazine groups is 1. The molecule has 3 heterocycles. The lowest BCUT2D eigenvalue weighted by molar-refractivity contribution is -0.134. The standard InChI is InChI=1S/C20H29ClN4O3/c1-4-28-20(27)15-9-14(21)11-22-18(15)13-5-7-25(8-6-13)19(26)17-10-16(12(2)3)23-24-17/h9,11-13,16-17,23-24H,4-8,10H2,1-3H3. The topological polar surface area (TPSA) is 83.6 Å². The van der Waals surface area contributed by atoms with E-state index in [2.05, 4.69) is 29.7 Å². The van der Waals surface area contributed by atoms with Gasteiger partial charge in [0.2, 0.25) is 5.91 Å². The fourth-order valence-corrected chi connectivity index (χ4v) is 4.08. The molecule has 2 N–H and O–H groups in total. The van der Waals surface area contributed by atoms with Crippen LogP contribution in [0.25, 0.3) is 0 Å². The highest BCUT2D eigenvalue weighted by molar-refractivity contribution is 6.30. The Bertz CT molecular complexity index is 719. The van der Waals surface area contributed by atoms with Crippen LogP contribution in [0.15, 0.2) is 12.3 Å². The zero-order valence-electron chi connectivity index (χ0n) is 16.7. The van der Waals surface area contributed by atoms with Gasteiger partial charge in [-0.15, -0.1) is 0 Å². The molecule has 28 heavy (non-hydrogen) atoms. The number of hydrogen-bond donors (Lipinski definition) is 2. The number of carbonyl (C=O) groups is 2. The monoisotopic (exact) mass is 408 g/mol. The summed E-state index contributed by atoms with van der Waals surface area (Å²) < 4.78 is 5.15. The van der Waals surface area contributed by atoms with Crippen molar-refractivity contribution >= 4 is 23.5 Å². The first-order chi connectivity index (χ1) is 13.4. The van der Waals surface area contributed by atoms with Gasteiger partial charge in [0.15, 0.2) is 0 Å². The van der Waals surface area contributed by atoms with E-state index >= 15 is 0 Å². The fourth-order valence-electron chi connectivity index (χ4n) is 3.92. The molecule has 2 aliphatic heterocycles. The third-order valence-corrected chi connectivity index (χ3v) is 5.82. The zero-order valence-corrected chi connectivity index (χ0v) is 17.5. The third-order valence-electron chi connectivity index (χ3n) is 5.61. The minimum absolute atomic E-state index is 0.110. The first-order valence-electron chi connectivity index (χ1n) is 10.0. The van der Waals surface area contributed by atoms with Gasteiger partial charge >= 0.3 is 5.97 Å². The molecule has 3 rings (SSSR count). The van der Waals surface area contributed by atoms with Crippen LogP contribution in [0.4, 0.5) is 0 Å². The lowest BCUT2D eigenvalue weighted by Gasteiger charge is -2.33. The first kappa shape index (κ1) is 21.0. The molecule has 1 aromatic heterocycles. The largest absolute Gasteiger partial charge is 0.462 e. The molecule has 0 bridgehead atoms. The molecule has 0 aromatic carbocycles. The Balaban J connectivity index is 1.63. The van der Waals surface area contributed by atoms with Crippen molar-refractivity contribution in [3.05, 3.63) is 28.5 Å². The van der Waals surface area contributed by atoms with Crippen molar-refractivity contribution < 1.29 is 14.3 Å². The van der Waals surface area contributed by atoms with Gasteiger partial charge in [-0.2, -0.15) is 0 Å². The van der Waals surface area contributed by atoms with Crippen molar-refractivity contribution in [3.8, 4) is 0 Å². The van der Waals surface area contributed by atoms with E-state index in [-0.39, 0.29) is 17.9 Å². The molecule has 0 saturated carbocycles. The predicted octanol–water partition coefficient (Wildman–Crippen LogP) is 2.51. The Morgan fingerprint density at radius 2 is 2.04 bits per heavy atom. The van der Waals surface area contributed by atoms with Crippen LogP contribution in [0.1, 0.15) is 62.0 Å². The Labute approximate surface area is 171 Å². The molecule has 1 amide bonds. The summed E-state index contributed by atoms with van der Waals surface area (Å²) in [5.41, 5.74) is 7.52. The summed E-state index contributed by atoms with van der Waals surface area (Å²) in [5, 5.41) is 0.416. The molecule has 2 unspecified atom stereocenters. The van der Waals surface area contributed by atoms with Gasteiger partial charge in [0.25, 0.3) is 0 Å². The molecule has 0 aliphatic carbocycles. The van der Waals surface area contributed by atoms with Crippen LogP contribution in [0.2, 0.25) is 5.02 Å². The molecule has 2 atom stereocenters. The normalized spacial score (nSPS) is 23.2. The Kier molecular flexibility index (Phi) is 6.91. The van der Waals surface area contributed by atoms with Gasteiger partial charge in [0.05, 0.1) is 22.9 Å². The van der Waals surface area contributed by atoms with Crippen LogP contribution >= 0.6 is 11.6 Å². The molecule has 0 spiro atoms. The average Bonchev–Trinajstić information content (AvgIpc) is 3.18. The molecule has 2 saturated heterocycles. The van der Waals surface area contributed by atoms with E-state index in [1.54, 1.807) is 19.2 Å². The number of piperidine rings is 1. The third kappa shape index (κ3) is 4.64. The number of nitrogens with zero attached hydrogens (tertiary/aromatic N) is 2. The number of halogens is 1. The number of carbonyl (C=O) groups excluding carboxylic acids is 2. The summed E-state index contributed by atoms with van der Waals surface area (Å²) in [7, 11) is 0. The molecule has 2 fully saturated rings. The number of aromatic nitrogens is 1. The number of esters is 1. The van der Waals surface area contributed by atoms with E-state index in [0.717, 1.165) is 25.0 Å². The summed E-state index contributed by atoms with van der Waals surface area (Å²) in [5.74, 6) is 0.336. The van der Waals surface area contributed by atoms with E-state index in [0.29, 0.717) is 42.2 Å². The van der Waals surface area contributed by atoms with Crippen LogP contribution in [0, 0.1) is 5.92 Å². The Hall–Kier alpha value is -1.70. The van der Waals surface area contributed by atoms with Gasteiger partial charge in [-0.3, -0.25) is 15.2 Å². The Morgan fingerprint density at radius 3 is 2.64 bits per heavy atom. The highest BCUT2D eigenvalue weighted by Gasteiger charge is 2.35. The van der Waals surface area contributed by atoms with Gasteiger partial charge in [-0.25, -0.2) is 10.2 Å². The SMILES string of the molecule is CCOC(=O)c1cc(Cl)cnc1C1CCN(C(=O)C2CC(C(C)C)NN2)CC1. The van der Waals surface area contributed by atoms with Gasteiger partial charge in [-0.1, -0.05) is 25.4 Å². The quantitative estimate of drug-likeness (QED) is 0.728. The van der Waals surface area contributed by atoms with Gasteiger partial charge in [-0.05, 0) is 38.2 Å². The van der Waals surface area contributed by atoms with Gasteiger partial charge in [0, 0.05) is 31.2 Å². The smallest absolute Gasteiger partial charge is 0.340 e. The number of ether oxygens (including phenoxy) is 1. The highest BCUT2D eigenvalue weighted by atomic mass is 35.5. The Morgan fingerprint density at radius 1 is 1.32 bits per heavy atom. The van der Waals surface area contributed by atoms with E-state index in [4.69, 9.17) is 16.3 Å². The van der Waals surface area contributed by atoms with E-state index in [1.807, 2.05) is 4.90 Å². The molecular formula is C20H29ClN4O3. The minimum atomic E-state index is -0.396. The number of rotatable bonds is 5. The van der Waals surface area contributed by atoms with Crippen LogP contribution < -0.4 is 10.9 Å². The van der Waals surface area contributed by atoms with Crippen molar-refractivity contribution in [2.75, 3.05) is 19.7 Å². The van der Waals surface area contributed by atoms with Crippen molar-refractivity contribution in [1.82, 2.24) is 20.7 Å². The van der Waals surface area contributed by atoms with Gasteiger partial charge in [0.1, 0.15) is 6.04 Å². The van der Waals surface area contributed by atoms with E-state index < -0.39 is 5.97 Å². The summed E-state index contributed by atoms with van der Waals surface area (Å²) in [4.78, 5) is 31.5. The van der Waals surface area contributed by atoms with Crippen LogP contribution in [0.3, 0.4) is 0 Å². The van der Waals surface area contributed by atoms with Crippen molar-refractivity contribution in [1.29, 1.82) is 0 Å². The average molecular weight is 409 g/mol. The van der Waals surface area contributed by atoms with E-state index in [1.165, 1.54) is 0 Å². The predicted molar refractivity (Wildman–Crippen MR) is 107 cm³/mol. The van der Waals surface area contributed by atoms with Gasteiger partial charge < -0.3 is 9.64 Å². The molecule has 8 heteroatoms. The maximum atomic E-state index is 12.8. The van der Waals surface area contributed by atoms with Crippen LogP contribution in [-0.2, 0) is 9.53 Å². The maximum absolute atomic E-state index is 12.8. The second-order valence-electron chi connectivity index (χ2n) is 7.83.